The third kappa shape index (κ3) is 3.23. The summed E-state index contributed by atoms with van der Waals surface area (Å²) in [4.78, 5) is 4.47. The zero-order chi connectivity index (χ0) is 16.2. The molecule has 3 rings (SSSR count). The Morgan fingerprint density at radius 1 is 1.09 bits per heavy atom. The number of aromatic hydroxyl groups is 1. The van der Waals surface area contributed by atoms with E-state index in [1.165, 1.54) is 0 Å². The molecule has 116 valence electrons. The van der Waals surface area contributed by atoms with Gasteiger partial charge in [-0.15, -0.1) is 0 Å². The Hall–Kier alpha value is -3.08. The molecule has 0 bridgehead atoms. The lowest BCUT2D eigenvalue weighted by molar-refractivity contribution is 0.414. The van der Waals surface area contributed by atoms with E-state index in [0.29, 0.717) is 17.2 Å². The molecule has 0 radical (unpaired) electrons. The van der Waals surface area contributed by atoms with Crippen molar-refractivity contribution in [2.24, 2.45) is 7.05 Å². The molecule has 23 heavy (non-hydrogen) atoms. The van der Waals surface area contributed by atoms with Crippen molar-refractivity contribution in [3.63, 3.8) is 0 Å². The Balaban J connectivity index is 1.89. The van der Waals surface area contributed by atoms with Gasteiger partial charge in [-0.1, -0.05) is 30.3 Å². The van der Waals surface area contributed by atoms with Crippen LogP contribution in [0.1, 0.15) is 11.4 Å². The lowest BCUT2D eigenvalue weighted by Gasteiger charge is -2.01. The van der Waals surface area contributed by atoms with Gasteiger partial charge in [0.15, 0.2) is 11.6 Å². The first-order valence-corrected chi connectivity index (χ1v) is 7.19. The summed E-state index contributed by atoms with van der Waals surface area (Å²) in [6.07, 6.45) is 3.75. The summed E-state index contributed by atoms with van der Waals surface area (Å²) in [5.74, 6) is 2.18. The van der Waals surface area contributed by atoms with E-state index in [0.717, 1.165) is 11.3 Å². The van der Waals surface area contributed by atoms with Gasteiger partial charge in [-0.3, -0.25) is 0 Å². The van der Waals surface area contributed by atoms with Gasteiger partial charge in [-0.05, 0) is 35.9 Å². The fraction of sp³-hybridized carbons (Fsp3) is 0.111. The van der Waals surface area contributed by atoms with Crippen molar-refractivity contribution >= 4 is 12.2 Å². The van der Waals surface area contributed by atoms with Crippen molar-refractivity contribution < 1.29 is 9.84 Å². The zero-order valence-corrected chi connectivity index (χ0v) is 13.0. The predicted molar refractivity (Wildman–Crippen MR) is 90.0 cm³/mol. The van der Waals surface area contributed by atoms with Gasteiger partial charge >= 0.3 is 0 Å². The summed E-state index contributed by atoms with van der Waals surface area (Å²) in [5, 5.41) is 14.3. The maximum atomic E-state index is 9.95. The highest BCUT2D eigenvalue weighted by Gasteiger charge is 2.11. The molecule has 3 aromatic rings. The van der Waals surface area contributed by atoms with Crippen LogP contribution in [0.3, 0.4) is 0 Å². The molecule has 0 saturated carbocycles. The van der Waals surface area contributed by atoms with E-state index in [9.17, 15) is 5.11 Å². The lowest BCUT2D eigenvalue weighted by atomic mass is 10.2. The molecule has 5 nitrogen and oxygen atoms in total. The summed E-state index contributed by atoms with van der Waals surface area (Å²) in [7, 11) is 3.44. The van der Waals surface area contributed by atoms with Crippen molar-refractivity contribution in [3.05, 3.63) is 59.9 Å². The molecule has 0 aliphatic rings. The molecular weight excluding hydrogens is 290 g/mol. The standard InChI is InChI=1S/C18H17N3O2/c1-21-18(15-8-3-4-9-16(15)22)19-17(20-21)11-10-13-6-5-7-14(12-13)23-2/h3-12,22H,1-2H3/b11-10+. The van der Waals surface area contributed by atoms with E-state index in [-0.39, 0.29) is 5.75 Å². The molecular formula is C18H17N3O2. The number of nitrogens with zero attached hydrogens (tertiary/aromatic N) is 3. The summed E-state index contributed by atoms with van der Waals surface area (Å²) >= 11 is 0. The molecule has 1 N–H and O–H groups in total. The summed E-state index contributed by atoms with van der Waals surface area (Å²) in [5.41, 5.74) is 1.66. The SMILES string of the molecule is COc1cccc(/C=C/c2nc(-c3ccccc3O)n(C)n2)c1. The minimum Gasteiger partial charge on any atom is -0.507 e. The van der Waals surface area contributed by atoms with Crippen LogP contribution in [0.5, 0.6) is 11.5 Å². The van der Waals surface area contributed by atoms with Gasteiger partial charge in [0.1, 0.15) is 11.5 Å². The van der Waals surface area contributed by atoms with E-state index < -0.39 is 0 Å². The number of methoxy groups -OCH3 is 1. The summed E-state index contributed by atoms with van der Waals surface area (Å²) in [6.45, 7) is 0. The normalized spacial score (nSPS) is 11.0. The Morgan fingerprint density at radius 2 is 1.91 bits per heavy atom. The first-order chi connectivity index (χ1) is 11.2. The third-order valence-corrected chi connectivity index (χ3v) is 3.44. The second kappa shape index (κ2) is 6.36. The van der Waals surface area contributed by atoms with Crippen LogP contribution in [0.25, 0.3) is 23.5 Å². The Kier molecular flexibility index (Phi) is 4.10. The summed E-state index contributed by atoms with van der Waals surface area (Å²) in [6, 6.07) is 14.8. The molecule has 0 aliphatic heterocycles. The van der Waals surface area contributed by atoms with E-state index in [1.54, 1.807) is 31.0 Å². The number of para-hydroxylation sites is 1. The van der Waals surface area contributed by atoms with Gasteiger partial charge in [0.05, 0.1) is 12.7 Å². The van der Waals surface area contributed by atoms with Crippen molar-refractivity contribution in [2.45, 2.75) is 0 Å². The average molecular weight is 307 g/mol. The number of phenolic OH excluding ortho intramolecular Hbond substituents is 1. The van der Waals surface area contributed by atoms with Crippen molar-refractivity contribution in [2.75, 3.05) is 7.11 Å². The number of hydrogen-bond donors (Lipinski definition) is 1. The van der Waals surface area contributed by atoms with Crippen LogP contribution in [-0.4, -0.2) is 27.0 Å². The molecule has 0 fully saturated rings. The van der Waals surface area contributed by atoms with Gasteiger partial charge in [0.2, 0.25) is 0 Å². The monoisotopic (exact) mass is 307 g/mol. The van der Waals surface area contributed by atoms with Gasteiger partial charge in [-0.2, -0.15) is 5.10 Å². The second-order valence-corrected chi connectivity index (χ2v) is 5.04. The predicted octanol–water partition coefficient (Wildman–Crippen LogP) is 3.37. The molecule has 0 spiro atoms. The molecule has 1 aromatic heterocycles. The maximum absolute atomic E-state index is 9.95. The minimum atomic E-state index is 0.186. The highest BCUT2D eigenvalue weighted by molar-refractivity contribution is 5.69. The number of phenols is 1. The summed E-state index contributed by atoms with van der Waals surface area (Å²) < 4.78 is 6.86. The minimum absolute atomic E-state index is 0.186. The van der Waals surface area contributed by atoms with Crippen LogP contribution in [0.2, 0.25) is 0 Å². The average Bonchev–Trinajstić information content (AvgIpc) is 2.94. The van der Waals surface area contributed by atoms with Crippen LogP contribution in [0.15, 0.2) is 48.5 Å². The molecule has 1 heterocycles. The fourth-order valence-electron chi connectivity index (χ4n) is 2.29. The van der Waals surface area contributed by atoms with E-state index in [1.807, 2.05) is 48.6 Å². The molecule has 0 atom stereocenters. The van der Waals surface area contributed by atoms with Crippen molar-refractivity contribution in [1.82, 2.24) is 14.8 Å². The largest absolute Gasteiger partial charge is 0.507 e. The highest BCUT2D eigenvalue weighted by atomic mass is 16.5. The molecule has 0 amide bonds. The number of aromatic nitrogens is 3. The molecule has 0 saturated heterocycles. The highest BCUT2D eigenvalue weighted by Crippen LogP contribution is 2.26. The fourth-order valence-corrected chi connectivity index (χ4v) is 2.29. The number of benzene rings is 2. The molecule has 0 aliphatic carbocycles. The van der Waals surface area contributed by atoms with Crippen LogP contribution in [0, 0.1) is 0 Å². The smallest absolute Gasteiger partial charge is 0.174 e. The topological polar surface area (TPSA) is 60.2 Å². The Morgan fingerprint density at radius 3 is 2.70 bits per heavy atom. The Labute approximate surface area is 134 Å². The van der Waals surface area contributed by atoms with Gasteiger partial charge in [0.25, 0.3) is 0 Å². The van der Waals surface area contributed by atoms with Crippen molar-refractivity contribution in [3.8, 4) is 22.9 Å². The van der Waals surface area contributed by atoms with Crippen LogP contribution < -0.4 is 4.74 Å². The lowest BCUT2D eigenvalue weighted by Crippen LogP contribution is -1.94. The van der Waals surface area contributed by atoms with Crippen LogP contribution in [0.4, 0.5) is 0 Å². The Bertz CT molecular complexity index is 853. The second-order valence-electron chi connectivity index (χ2n) is 5.04. The van der Waals surface area contributed by atoms with Crippen molar-refractivity contribution in [1.29, 1.82) is 0 Å². The third-order valence-electron chi connectivity index (χ3n) is 3.44. The number of hydrogen-bond acceptors (Lipinski definition) is 4. The number of aryl methyl sites for hydroxylation is 1. The number of rotatable bonds is 4. The molecule has 0 unspecified atom stereocenters. The quantitative estimate of drug-likeness (QED) is 0.803. The van der Waals surface area contributed by atoms with Gasteiger partial charge < -0.3 is 9.84 Å². The van der Waals surface area contributed by atoms with Gasteiger partial charge in [0, 0.05) is 7.05 Å². The zero-order valence-electron chi connectivity index (χ0n) is 13.0. The van der Waals surface area contributed by atoms with E-state index in [2.05, 4.69) is 10.1 Å². The first kappa shape index (κ1) is 14.8. The molecule has 5 heteroatoms. The molecule has 2 aromatic carbocycles. The first-order valence-electron chi connectivity index (χ1n) is 7.19. The van der Waals surface area contributed by atoms with Gasteiger partial charge in [-0.25, -0.2) is 9.67 Å². The number of ether oxygens (including phenoxy) is 1. The maximum Gasteiger partial charge on any atom is 0.174 e. The van der Waals surface area contributed by atoms with Crippen LogP contribution >= 0.6 is 0 Å². The van der Waals surface area contributed by atoms with Crippen LogP contribution in [-0.2, 0) is 7.05 Å². The van der Waals surface area contributed by atoms with E-state index in [4.69, 9.17) is 4.74 Å². The van der Waals surface area contributed by atoms with E-state index >= 15 is 0 Å².